The molecule has 0 aromatic carbocycles. The number of aliphatic hydroxyl groups excluding tert-OH is 3. The van der Waals surface area contributed by atoms with Gasteiger partial charge in [0.1, 0.15) is 24.4 Å². The maximum Gasteiger partial charge on any atom is 0.125 e. The molecule has 1 heterocycles. The second kappa shape index (κ2) is 3.81. The molecular weight excluding hydrogens is 166 g/mol. The normalized spacial score (nSPS) is 42.6. The Morgan fingerprint density at radius 3 is 2.42 bits per heavy atom. The highest BCUT2D eigenvalue weighted by atomic mass is 16.6. The molecule has 1 fully saturated rings. The third-order valence-corrected chi connectivity index (χ3v) is 1.79. The van der Waals surface area contributed by atoms with Crippen LogP contribution in [0.3, 0.4) is 0 Å². The van der Waals surface area contributed by atoms with Crippen LogP contribution < -0.4 is 0 Å². The zero-order chi connectivity index (χ0) is 9.14. The molecule has 1 saturated heterocycles. The molecule has 1 aliphatic heterocycles. The van der Waals surface area contributed by atoms with Gasteiger partial charge in [-0.3, -0.25) is 0 Å². The quantitative estimate of drug-likeness (QED) is 0.220. The third kappa shape index (κ3) is 1.56. The number of nitrogens with zero attached hydrogens (tertiary/aromatic N) is 1. The fourth-order valence-electron chi connectivity index (χ4n) is 1.12. The number of hydrogen-bond acceptors (Lipinski definition) is 6. The molecule has 0 aliphatic carbocycles. The van der Waals surface area contributed by atoms with Gasteiger partial charge >= 0.3 is 0 Å². The summed E-state index contributed by atoms with van der Waals surface area (Å²) in [6.45, 7) is -0.381. The highest BCUT2D eigenvalue weighted by Gasteiger charge is 2.41. The summed E-state index contributed by atoms with van der Waals surface area (Å²) in [4.78, 5) is 0. The molecule has 0 radical (unpaired) electrons. The van der Waals surface area contributed by atoms with Crippen molar-refractivity contribution in [1.29, 1.82) is 0 Å². The Morgan fingerprint density at radius 2 is 2.00 bits per heavy atom. The first-order valence-corrected chi connectivity index (χ1v) is 3.50. The fourth-order valence-corrected chi connectivity index (χ4v) is 1.12. The number of hydrogen-bond donors (Lipinski definition) is 4. The van der Waals surface area contributed by atoms with E-state index in [4.69, 9.17) is 15.1 Å². The van der Waals surface area contributed by atoms with Crippen LogP contribution >= 0.6 is 0 Å². The lowest BCUT2D eigenvalue weighted by molar-refractivity contribution is -0.00975. The Balaban J connectivity index is 2.60. The van der Waals surface area contributed by atoms with E-state index in [0.29, 0.717) is 0 Å². The maximum absolute atomic E-state index is 9.20. The van der Waals surface area contributed by atoms with Crippen molar-refractivity contribution in [2.45, 2.75) is 24.4 Å². The van der Waals surface area contributed by atoms with E-state index in [9.17, 15) is 10.2 Å². The SMILES string of the molecule is OC[C@@H]1OC(/C=N/O)[C@H](O)[C@H]1O. The monoisotopic (exact) mass is 177 g/mol. The summed E-state index contributed by atoms with van der Waals surface area (Å²) in [5.41, 5.74) is 0. The van der Waals surface area contributed by atoms with E-state index in [1.165, 1.54) is 0 Å². The second-order valence-corrected chi connectivity index (χ2v) is 2.57. The third-order valence-electron chi connectivity index (χ3n) is 1.79. The van der Waals surface area contributed by atoms with Gasteiger partial charge in [-0.2, -0.15) is 0 Å². The van der Waals surface area contributed by atoms with Gasteiger partial charge in [-0.25, -0.2) is 0 Å². The second-order valence-electron chi connectivity index (χ2n) is 2.57. The molecule has 6 heteroatoms. The molecule has 6 nitrogen and oxygen atoms in total. The average molecular weight is 177 g/mol. The zero-order valence-electron chi connectivity index (χ0n) is 6.24. The van der Waals surface area contributed by atoms with Crippen LogP contribution in [0.25, 0.3) is 0 Å². The molecule has 1 unspecified atom stereocenters. The summed E-state index contributed by atoms with van der Waals surface area (Å²) in [5, 5.41) is 37.8. The van der Waals surface area contributed by atoms with Gasteiger partial charge in [0.25, 0.3) is 0 Å². The summed E-state index contributed by atoms with van der Waals surface area (Å²) < 4.78 is 4.92. The van der Waals surface area contributed by atoms with Crippen LogP contribution in [0.2, 0.25) is 0 Å². The first kappa shape index (κ1) is 9.40. The van der Waals surface area contributed by atoms with Crippen LogP contribution in [0, 0.1) is 0 Å². The van der Waals surface area contributed by atoms with Crippen molar-refractivity contribution in [2.75, 3.05) is 6.61 Å². The largest absolute Gasteiger partial charge is 0.411 e. The number of ether oxygens (including phenoxy) is 1. The Labute approximate surface area is 68.7 Å². The summed E-state index contributed by atoms with van der Waals surface area (Å²) in [6, 6.07) is 0. The summed E-state index contributed by atoms with van der Waals surface area (Å²) >= 11 is 0. The van der Waals surface area contributed by atoms with Gasteiger partial charge in [0.05, 0.1) is 12.8 Å². The van der Waals surface area contributed by atoms with Crippen LogP contribution in [0.4, 0.5) is 0 Å². The van der Waals surface area contributed by atoms with E-state index in [1.807, 2.05) is 0 Å². The molecule has 4 atom stereocenters. The molecule has 70 valence electrons. The highest BCUT2D eigenvalue weighted by molar-refractivity contribution is 5.64. The van der Waals surface area contributed by atoms with Crippen LogP contribution in [0.15, 0.2) is 5.16 Å². The lowest BCUT2D eigenvalue weighted by Crippen LogP contribution is -2.34. The average Bonchev–Trinajstić information content (AvgIpc) is 2.33. The van der Waals surface area contributed by atoms with Gasteiger partial charge in [-0.1, -0.05) is 5.16 Å². The van der Waals surface area contributed by atoms with E-state index in [0.717, 1.165) is 6.21 Å². The first-order valence-electron chi connectivity index (χ1n) is 3.50. The summed E-state index contributed by atoms with van der Waals surface area (Å²) in [7, 11) is 0. The first-order chi connectivity index (χ1) is 5.70. The van der Waals surface area contributed by atoms with E-state index in [2.05, 4.69) is 5.16 Å². The van der Waals surface area contributed by atoms with Crippen molar-refractivity contribution in [3.63, 3.8) is 0 Å². The minimum absolute atomic E-state index is 0.381. The van der Waals surface area contributed by atoms with E-state index >= 15 is 0 Å². The van der Waals surface area contributed by atoms with Crippen LogP contribution in [0.5, 0.6) is 0 Å². The van der Waals surface area contributed by atoms with Gasteiger partial charge in [-0.15, -0.1) is 0 Å². The molecule has 12 heavy (non-hydrogen) atoms. The van der Waals surface area contributed by atoms with Crippen molar-refractivity contribution in [1.82, 2.24) is 0 Å². The van der Waals surface area contributed by atoms with Crippen LogP contribution in [0.1, 0.15) is 0 Å². The Kier molecular flexibility index (Phi) is 2.99. The molecule has 0 amide bonds. The van der Waals surface area contributed by atoms with Crippen molar-refractivity contribution in [3.8, 4) is 0 Å². The molecule has 0 aromatic heterocycles. The standard InChI is InChI=1S/C6H11NO5/c8-2-4-6(10)5(9)3(12-4)1-7-11/h1,3-6,8-11H,2H2/b7-1+/t3?,4-,5-,6-/m0/s1. The van der Waals surface area contributed by atoms with Crippen LogP contribution in [-0.4, -0.2) is 57.8 Å². The van der Waals surface area contributed by atoms with Crippen molar-refractivity contribution < 1.29 is 25.3 Å². The zero-order valence-corrected chi connectivity index (χ0v) is 6.24. The van der Waals surface area contributed by atoms with Crippen molar-refractivity contribution >= 4 is 6.21 Å². The molecule has 0 saturated carbocycles. The lowest BCUT2D eigenvalue weighted by atomic mass is 10.1. The highest BCUT2D eigenvalue weighted by Crippen LogP contribution is 2.19. The smallest absolute Gasteiger partial charge is 0.125 e. The van der Waals surface area contributed by atoms with Gasteiger partial charge in [0, 0.05) is 0 Å². The topological polar surface area (TPSA) is 103 Å². The van der Waals surface area contributed by atoms with E-state index in [-0.39, 0.29) is 6.61 Å². The van der Waals surface area contributed by atoms with Crippen LogP contribution in [-0.2, 0) is 4.74 Å². The van der Waals surface area contributed by atoms with E-state index < -0.39 is 24.4 Å². The summed E-state index contributed by atoms with van der Waals surface area (Å²) in [5.74, 6) is 0. The van der Waals surface area contributed by atoms with Crippen molar-refractivity contribution in [2.24, 2.45) is 5.16 Å². The molecule has 0 bridgehead atoms. The maximum atomic E-state index is 9.20. The molecule has 1 rings (SSSR count). The van der Waals surface area contributed by atoms with Gasteiger partial charge in [0.15, 0.2) is 0 Å². The molecular formula is C6H11NO5. The lowest BCUT2D eigenvalue weighted by Gasteiger charge is -2.10. The van der Waals surface area contributed by atoms with Gasteiger partial charge in [-0.05, 0) is 0 Å². The number of aliphatic hydroxyl groups is 3. The Hall–Kier alpha value is -0.690. The molecule has 4 N–H and O–H groups in total. The Morgan fingerprint density at radius 1 is 1.33 bits per heavy atom. The minimum atomic E-state index is -1.15. The minimum Gasteiger partial charge on any atom is -0.411 e. The van der Waals surface area contributed by atoms with Crippen molar-refractivity contribution in [3.05, 3.63) is 0 Å². The fraction of sp³-hybridized carbons (Fsp3) is 0.833. The predicted molar refractivity (Wildman–Crippen MR) is 38.0 cm³/mol. The summed E-state index contributed by atoms with van der Waals surface area (Å²) in [6.07, 6.45) is -3.01. The van der Waals surface area contributed by atoms with E-state index in [1.54, 1.807) is 0 Å². The molecule has 0 aromatic rings. The molecule has 1 aliphatic rings. The molecule has 0 spiro atoms. The van der Waals surface area contributed by atoms with Gasteiger partial charge in [0.2, 0.25) is 0 Å². The number of oxime groups is 1. The van der Waals surface area contributed by atoms with Gasteiger partial charge < -0.3 is 25.3 Å². The Bertz CT molecular complexity index is 173. The number of rotatable bonds is 2. The predicted octanol–water partition coefficient (Wildman–Crippen LogP) is -2.07.